The van der Waals surface area contributed by atoms with Gasteiger partial charge in [-0.3, -0.25) is 4.79 Å². The van der Waals surface area contributed by atoms with Gasteiger partial charge >= 0.3 is 0 Å². The summed E-state index contributed by atoms with van der Waals surface area (Å²) in [5.74, 6) is 0.612. The lowest BCUT2D eigenvalue weighted by Gasteiger charge is -2.29. The van der Waals surface area contributed by atoms with Crippen molar-refractivity contribution in [1.29, 1.82) is 0 Å². The fraction of sp³-hybridized carbons (Fsp3) is 0.688. The number of halogens is 1. The number of hydrogen-bond acceptors (Lipinski definition) is 4. The van der Waals surface area contributed by atoms with Gasteiger partial charge in [0.15, 0.2) is 0 Å². The number of amides is 1. The van der Waals surface area contributed by atoms with Crippen LogP contribution in [0.15, 0.2) is 17.2 Å². The first-order valence-electron chi connectivity index (χ1n) is 8.53. The molecule has 0 bridgehead atoms. The third kappa shape index (κ3) is 4.36. The molecule has 2 saturated heterocycles. The fourth-order valence-corrected chi connectivity index (χ4v) is 4.91. The van der Waals surface area contributed by atoms with Crippen LogP contribution < -0.4 is 10.6 Å². The Morgan fingerprint density at radius 1 is 1.40 bits per heavy atom. The van der Waals surface area contributed by atoms with Gasteiger partial charge in [0.1, 0.15) is 10.6 Å². The van der Waals surface area contributed by atoms with E-state index in [4.69, 9.17) is 0 Å². The molecule has 0 radical (unpaired) electrons. The van der Waals surface area contributed by atoms with Crippen LogP contribution in [0, 0.1) is 11.8 Å². The van der Waals surface area contributed by atoms with Crippen LogP contribution in [0.1, 0.15) is 30.3 Å². The van der Waals surface area contributed by atoms with E-state index in [1.165, 1.54) is 16.6 Å². The van der Waals surface area contributed by atoms with Gasteiger partial charge in [-0.25, -0.2) is 8.42 Å². The zero-order chi connectivity index (χ0) is 17.3. The summed E-state index contributed by atoms with van der Waals surface area (Å²) >= 11 is 0. The number of carbonyl (C=O) groups excluding carboxylic acids is 1. The molecule has 1 aromatic heterocycles. The molecule has 0 spiro atoms. The third-order valence-electron chi connectivity index (χ3n) is 4.89. The monoisotopic (exact) mass is 390 g/mol. The Morgan fingerprint density at radius 3 is 2.72 bits per heavy atom. The second kappa shape index (κ2) is 8.07. The molecular weight excluding hydrogens is 364 g/mol. The quantitative estimate of drug-likeness (QED) is 0.779. The van der Waals surface area contributed by atoms with Gasteiger partial charge in [0.05, 0.1) is 0 Å². The molecule has 1 aromatic rings. The molecule has 2 N–H and O–H groups in total. The summed E-state index contributed by atoms with van der Waals surface area (Å²) in [5.41, 5.74) is 0.380. The van der Waals surface area contributed by atoms with E-state index < -0.39 is 10.0 Å². The van der Waals surface area contributed by atoms with Gasteiger partial charge in [0, 0.05) is 51.9 Å². The minimum Gasteiger partial charge on any atom is -0.350 e. The topological polar surface area (TPSA) is 83.4 Å². The highest BCUT2D eigenvalue weighted by Gasteiger charge is 2.30. The summed E-state index contributed by atoms with van der Waals surface area (Å²) in [6.07, 6.45) is 3.48. The molecule has 7 nitrogen and oxygen atoms in total. The predicted octanol–water partition coefficient (Wildman–Crippen LogP) is 0.817. The summed E-state index contributed by atoms with van der Waals surface area (Å²) < 4.78 is 28.8. The number of hydrogen-bond donors (Lipinski definition) is 2. The normalized spacial score (nSPS) is 22.1. The Labute approximate surface area is 155 Å². The highest BCUT2D eigenvalue weighted by atomic mass is 35.5. The Bertz CT molecular complexity index is 715. The lowest BCUT2D eigenvalue weighted by molar-refractivity contribution is 0.0934. The van der Waals surface area contributed by atoms with E-state index in [1.807, 2.05) is 0 Å². The predicted molar refractivity (Wildman–Crippen MR) is 98.5 cm³/mol. The summed E-state index contributed by atoms with van der Waals surface area (Å²) in [7, 11) is -1.83. The number of rotatable bonds is 5. The van der Waals surface area contributed by atoms with Crippen LogP contribution in [-0.2, 0) is 17.1 Å². The van der Waals surface area contributed by atoms with Crippen LogP contribution in [0.4, 0.5) is 0 Å². The van der Waals surface area contributed by atoms with Crippen LogP contribution in [0.5, 0.6) is 0 Å². The van der Waals surface area contributed by atoms with Crippen molar-refractivity contribution in [3.63, 3.8) is 0 Å². The second-order valence-electron chi connectivity index (χ2n) is 7.02. The van der Waals surface area contributed by atoms with E-state index in [0.29, 0.717) is 37.2 Å². The molecule has 25 heavy (non-hydrogen) atoms. The first-order chi connectivity index (χ1) is 11.4. The van der Waals surface area contributed by atoms with Crippen molar-refractivity contribution < 1.29 is 13.2 Å². The standard InChI is InChI=1S/C16H26N4O3S.ClH/c1-12-4-3-5-20(10-12)24(22,23)14-6-15(19(2)11-14)16(21)18-9-13-7-17-8-13;/h6,11-13,17H,3-5,7-10H2,1-2H3,(H,18,21);1H. The average molecular weight is 391 g/mol. The SMILES string of the molecule is CC1CCCN(S(=O)(=O)c2cc(C(=O)NCC3CNC3)n(C)c2)C1.Cl. The number of aryl methyl sites for hydroxylation is 1. The number of aromatic nitrogens is 1. The van der Waals surface area contributed by atoms with Gasteiger partial charge in [0.25, 0.3) is 5.91 Å². The number of nitrogens with one attached hydrogen (secondary N) is 2. The van der Waals surface area contributed by atoms with E-state index in [2.05, 4.69) is 17.6 Å². The van der Waals surface area contributed by atoms with Crippen LogP contribution in [0.2, 0.25) is 0 Å². The van der Waals surface area contributed by atoms with Crippen molar-refractivity contribution >= 4 is 28.3 Å². The number of sulfonamides is 1. The zero-order valence-electron chi connectivity index (χ0n) is 14.7. The highest BCUT2D eigenvalue weighted by Crippen LogP contribution is 2.24. The summed E-state index contributed by atoms with van der Waals surface area (Å²) in [6, 6.07) is 1.49. The molecule has 1 amide bonds. The molecule has 0 saturated carbocycles. The molecule has 3 heterocycles. The zero-order valence-corrected chi connectivity index (χ0v) is 16.3. The van der Waals surface area contributed by atoms with E-state index in [0.717, 1.165) is 25.9 Å². The fourth-order valence-electron chi connectivity index (χ4n) is 3.24. The molecule has 1 unspecified atom stereocenters. The maximum Gasteiger partial charge on any atom is 0.267 e. The largest absolute Gasteiger partial charge is 0.350 e. The first-order valence-corrected chi connectivity index (χ1v) is 9.97. The Morgan fingerprint density at radius 2 is 2.12 bits per heavy atom. The van der Waals surface area contributed by atoms with Crippen molar-refractivity contribution in [2.45, 2.75) is 24.7 Å². The van der Waals surface area contributed by atoms with Crippen molar-refractivity contribution in [2.75, 3.05) is 32.7 Å². The van der Waals surface area contributed by atoms with Gasteiger partial charge in [-0.15, -0.1) is 12.4 Å². The van der Waals surface area contributed by atoms with Crippen molar-refractivity contribution in [3.8, 4) is 0 Å². The molecular formula is C16H27ClN4O3S. The van der Waals surface area contributed by atoms with Crippen molar-refractivity contribution in [3.05, 3.63) is 18.0 Å². The average Bonchev–Trinajstić information content (AvgIpc) is 2.88. The van der Waals surface area contributed by atoms with E-state index in [9.17, 15) is 13.2 Å². The summed E-state index contributed by atoms with van der Waals surface area (Å²) in [5, 5.41) is 6.04. The van der Waals surface area contributed by atoms with Gasteiger partial charge in [0.2, 0.25) is 10.0 Å². The lowest BCUT2D eigenvalue weighted by atomic mass is 10.0. The Kier molecular flexibility index (Phi) is 6.53. The third-order valence-corrected chi connectivity index (χ3v) is 6.72. The summed E-state index contributed by atoms with van der Waals surface area (Å²) in [4.78, 5) is 12.5. The first kappa shape index (κ1) is 20.2. The smallest absolute Gasteiger partial charge is 0.267 e. The molecule has 9 heteroatoms. The highest BCUT2D eigenvalue weighted by molar-refractivity contribution is 7.89. The van der Waals surface area contributed by atoms with Gasteiger partial charge in [-0.2, -0.15) is 4.31 Å². The van der Waals surface area contributed by atoms with Crippen LogP contribution in [0.25, 0.3) is 0 Å². The van der Waals surface area contributed by atoms with Crippen molar-refractivity contribution in [2.24, 2.45) is 18.9 Å². The molecule has 3 rings (SSSR count). The van der Waals surface area contributed by atoms with E-state index in [1.54, 1.807) is 11.6 Å². The molecule has 2 aliphatic rings. The van der Waals surface area contributed by atoms with Gasteiger partial charge < -0.3 is 15.2 Å². The van der Waals surface area contributed by atoms with Gasteiger partial charge in [-0.05, 0) is 24.8 Å². The molecule has 142 valence electrons. The number of carbonyl (C=O) groups is 1. The van der Waals surface area contributed by atoms with Crippen LogP contribution >= 0.6 is 12.4 Å². The lowest BCUT2D eigenvalue weighted by Crippen LogP contribution is -2.48. The molecule has 2 aliphatic heterocycles. The maximum atomic E-state index is 12.8. The molecule has 0 aromatic carbocycles. The minimum absolute atomic E-state index is 0. The van der Waals surface area contributed by atoms with Gasteiger partial charge in [-0.1, -0.05) is 6.92 Å². The van der Waals surface area contributed by atoms with E-state index >= 15 is 0 Å². The summed E-state index contributed by atoms with van der Waals surface area (Å²) in [6.45, 7) is 5.62. The molecule has 1 atom stereocenters. The molecule has 2 fully saturated rings. The Balaban J connectivity index is 0.00000225. The van der Waals surface area contributed by atoms with Crippen molar-refractivity contribution in [1.82, 2.24) is 19.5 Å². The number of nitrogens with zero attached hydrogens (tertiary/aromatic N) is 2. The van der Waals surface area contributed by atoms with E-state index in [-0.39, 0.29) is 23.2 Å². The Hall–Kier alpha value is -1.09. The van der Waals surface area contributed by atoms with Crippen LogP contribution in [-0.4, -0.2) is 55.9 Å². The molecule has 0 aliphatic carbocycles. The minimum atomic E-state index is -3.53. The number of piperidine rings is 1. The maximum absolute atomic E-state index is 12.8. The second-order valence-corrected chi connectivity index (χ2v) is 8.95. The van der Waals surface area contributed by atoms with Crippen LogP contribution in [0.3, 0.4) is 0 Å².